The van der Waals surface area contributed by atoms with Gasteiger partial charge in [0.25, 0.3) is 0 Å². The molecular formula is C11H13BrClN3O2. The Morgan fingerprint density at radius 2 is 2.06 bits per heavy atom. The molecular weight excluding hydrogens is 321 g/mol. The molecule has 1 aromatic carbocycles. The molecule has 98 valence electrons. The highest BCUT2D eigenvalue weighted by Crippen LogP contribution is 2.26. The zero-order chi connectivity index (χ0) is 13.7. The Morgan fingerprint density at radius 1 is 1.39 bits per heavy atom. The van der Waals surface area contributed by atoms with Crippen molar-refractivity contribution in [2.24, 2.45) is 0 Å². The van der Waals surface area contributed by atoms with Gasteiger partial charge in [-0.05, 0) is 25.1 Å². The molecule has 0 spiro atoms. The molecule has 0 fully saturated rings. The summed E-state index contributed by atoms with van der Waals surface area (Å²) in [6.07, 6.45) is 0. The highest BCUT2D eigenvalue weighted by molar-refractivity contribution is 9.10. The second kappa shape index (κ2) is 6.61. The van der Waals surface area contributed by atoms with Crippen molar-refractivity contribution in [1.29, 1.82) is 0 Å². The van der Waals surface area contributed by atoms with Gasteiger partial charge < -0.3 is 10.6 Å². The zero-order valence-corrected chi connectivity index (χ0v) is 12.2. The number of imide groups is 1. The molecule has 3 amide bonds. The van der Waals surface area contributed by atoms with Gasteiger partial charge in [-0.1, -0.05) is 27.5 Å². The van der Waals surface area contributed by atoms with Gasteiger partial charge in [-0.3, -0.25) is 10.1 Å². The van der Waals surface area contributed by atoms with Gasteiger partial charge in [0.1, 0.15) is 6.04 Å². The largest absolute Gasteiger partial charge is 0.373 e. The highest BCUT2D eigenvalue weighted by atomic mass is 79.9. The second-order valence-electron chi connectivity index (χ2n) is 3.56. The molecule has 3 N–H and O–H groups in total. The van der Waals surface area contributed by atoms with Crippen LogP contribution in [0.2, 0.25) is 5.02 Å². The summed E-state index contributed by atoms with van der Waals surface area (Å²) in [4.78, 5) is 22.6. The zero-order valence-electron chi connectivity index (χ0n) is 9.88. The van der Waals surface area contributed by atoms with Gasteiger partial charge >= 0.3 is 6.03 Å². The first-order valence-corrected chi connectivity index (χ1v) is 6.35. The smallest absolute Gasteiger partial charge is 0.321 e. The van der Waals surface area contributed by atoms with Crippen molar-refractivity contribution in [2.75, 3.05) is 12.4 Å². The Kier molecular flexibility index (Phi) is 5.43. The van der Waals surface area contributed by atoms with Crippen LogP contribution in [-0.4, -0.2) is 25.0 Å². The number of amides is 3. The van der Waals surface area contributed by atoms with Crippen LogP contribution in [0.4, 0.5) is 10.5 Å². The molecule has 5 nitrogen and oxygen atoms in total. The number of rotatable bonds is 3. The van der Waals surface area contributed by atoms with Crippen molar-refractivity contribution in [1.82, 2.24) is 10.6 Å². The first-order valence-electron chi connectivity index (χ1n) is 5.18. The SMILES string of the molecule is CNC(=O)NC(=O)C(C)Nc1ccc(Br)cc1Cl. The fourth-order valence-electron chi connectivity index (χ4n) is 1.19. The second-order valence-corrected chi connectivity index (χ2v) is 4.88. The first kappa shape index (κ1) is 14.8. The number of carbonyl (C=O) groups is 2. The van der Waals surface area contributed by atoms with E-state index >= 15 is 0 Å². The van der Waals surface area contributed by atoms with E-state index in [1.807, 2.05) is 0 Å². The Balaban J connectivity index is 2.66. The minimum atomic E-state index is -0.582. The van der Waals surface area contributed by atoms with Gasteiger partial charge in [0.2, 0.25) is 5.91 Å². The van der Waals surface area contributed by atoms with Crippen LogP contribution in [0.1, 0.15) is 6.92 Å². The Labute approximate surface area is 118 Å². The Hall–Kier alpha value is -1.27. The molecule has 1 atom stereocenters. The number of carbonyl (C=O) groups excluding carboxylic acids is 2. The maximum atomic E-state index is 11.6. The lowest BCUT2D eigenvalue weighted by atomic mass is 10.2. The summed E-state index contributed by atoms with van der Waals surface area (Å²) in [7, 11) is 1.44. The van der Waals surface area contributed by atoms with E-state index in [9.17, 15) is 9.59 Å². The summed E-state index contributed by atoms with van der Waals surface area (Å²) in [5, 5.41) is 7.89. The maximum absolute atomic E-state index is 11.6. The standard InChI is InChI=1S/C11H13BrClN3O2/c1-6(10(17)16-11(18)14-2)15-9-4-3-7(12)5-8(9)13/h3-6,15H,1-2H3,(H2,14,16,17,18). The van der Waals surface area contributed by atoms with E-state index in [0.717, 1.165) is 4.47 Å². The van der Waals surface area contributed by atoms with E-state index in [0.29, 0.717) is 10.7 Å². The average molecular weight is 335 g/mol. The van der Waals surface area contributed by atoms with Crippen LogP contribution in [0.25, 0.3) is 0 Å². The molecule has 1 rings (SSSR count). The molecule has 0 bridgehead atoms. The molecule has 7 heteroatoms. The summed E-state index contributed by atoms with van der Waals surface area (Å²) in [6.45, 7) is 1.64. The van der Waals surface area contributed by atoms with Gasteiger partial charge in [-0.15, -0.1) is 0 Å². The monoisotopic (exact) mass is 333 g/mol. The molecule has 1 aromatic rings. The van der Waals surface area contributed by atoms with Gasteiger partial charge in [0.15, 0.2) is 0 Å². The van der Waals surface area contributed by atoms with Crippen molar-refractivity contribution >= 4 is 45.2 Å². The Morgan fingerprint density at radius 3 is 2.61 bits per heavy atom. The van der Waals surface area contributed by atoms with Gasteiger partial charge in [0.05, 0.1) is 10.7 Å². The fraction of sp³-hybridized carbons (Fsp3) is 0.273. The van der Waals surface area contributed by atoms with Crippen molar-refractivity contribution in [3.63, 3.8) is 0 Å². The highest BCUT2D eigenvalue weighted by Gasteiger charge is 2.15. The van der Waals surface area contributed by atoms with Crippen LogP contribution in [0.3, 0.4) is 0 Å². The molecule has 0 saturated carbocycles. The lowest BCUT2D eigenvalue weighted by Crippen LogP contribution is -2.44. The lowest BCUT2D eigenvalue weighted by molar-refractivity contribution is -0.120. The predicted molar refractivity (Wildman–Crippen MR) is 74.8 cm³/mol. The van der Waals surface area contributed by atoms with Crippen LogP contribution in [0.15, 0.2) is 22.7 Å². The maximum Gasteiger partial charge on any atom is 0.321 e. The fourth-order valence-corrected chi connectivity index (χ4v) is 1.92. The summed E-state index contributed by atoms with van der Waals surface area (Å²) in [5.41, 5.74) is 0.624. The molecule has 0 saturated heterocycles. The topological polar surface area (TPSA) is 70.2 Å². The van der Waals surface area contributed by atoms with E-state index in [4.69, 9.17) is 11.6 Å². The van der Waals surface area contributed by atoms with E-state index in [-0.39, 0.29) is 0 Å². The van der Waals surface area contributed by atoms with E-state index < -0.39 is 18.0 Å². The molecule has 0 aromatic heterocycles. The number of benzene rings is 1. The van der Waals surface area contributed by atoms with Crippen LogP contribution in [0.5, 0.6) is 0 Å². The van der Waals surface area contributed by atoms with Crippen LogP contribution >= 0.6 is 27.5 Å². The minimum absolute atomic E-state index is 0.437. The van der Waals surface area contributed by atoms with Crippen LogP contribution < -0.4 is 16.0 Å². The third kappa shape index (κ3) is 4.19. The number of hydrogen-bond donors (Lipinski definition) is 3. The Bertz CT molecular complexity index is 468. The van der Waals surface area contributed by atoms with Crippen LogP contribution in [-0.2, 0) is 4.79 Å². The van der Waals surface area contributed by atoms with Crippen molar-refractivity contribution < 1.29 is 9.59 Å². The molecule has 18 heavy (non-hydrogen) atoms. The van der Waals surface area contributed by atoms with Gasteiger partial charge in [0, 0.05) is 11.5 Å². The average Bonchev–Trinajstić information content (AvgIpc) is 2.32. The van der Waals surface area contributed by atoms with Gasteiger partial charge in [-0.2, -0.15) is 0 Å². The van der Waals surface area contributed by atoms with E-state index in [1.54, 1.807) is 25.1 Å². The van der Waals surface area contributed by atoms with Crippen LogP contribution in [0, 0.1) is 0 Å². The summed E-state index contributed by atoms with van der Waals surface area (Å²) < 4.78 is 0.848. The number of nitrogens with one attached hydrogen (secondary N) is 3. The molecule has 0 heterocycles. The van der Waals surface area contributed by atoms with Crippen molar-refractivity contribution in [3.05, 3.63) is 27.7 Å². The molecule has 0 radical (unpaired) electrons. The third-order valence-corrected chi connectivity index (χ3v) is 2.97. The molecule has 0 aliphatic rings. The number of halogens is 2. The molecule has 1 unspecified atom stereocenters. The van der Waals surface area contributed by atoms with E-state index in [2.05, 4.69) is 31.9 Å². The quantitative estimate of drug-likeness (QED) is 0.795. The third-order valence-electron chi connectivity index (χ3n) is 2.16. The lowest BCUT2D eigenvalue weighted by Gasteiger charge is -2.15. The number of hydrogen-bond acceptors (Lipinski definition) is 3. The number of anilines is 1. The summed E-state index contributed by atoms with van der Waals surface area (Å²) >= 11 is 9.30. The predicted octanol–water partition coefficient (Wildman–Crippen LogP) is 2.36. The van der Waals surface area contributed by atoms with E-state index in [1.165, 1.54) is 7.05 Å². The molecule has 0 aliphatic heterocycles. The minimum Gasteiger partial charge on any atom is -0.373 e. The van der Waals surface area contributed by atoms with Gasteiger partial charge in [-0.25, -0.2) is 4.79 Å². The van der Waals surface area contributed by atoms with Crippen molar-refractivity contribution in [3.8, 4) is 0 Å². The summed E-state index contributed by atoms with van der Waals surface area (Å²) in [5.74, 6) is -0.437. The molecule has 0 aliphatic carbocycles. The summed E-state index contributed by atoms with van der Waals surface area (Å²) in [6, 6.07) is 4.14. The number of urea groups is 1. The normalized spacial score (nSPS) is 11.6. The first-order chi connectivity index (χ1) is 8.43. The van der Waals surface area contributed by atoms with Crippen molar-refractivity contribution in [2.45, 2.75) is 13.0 Å².